The largest absolute Gasteiger partial charge is 0.351 e. The first-order valence-electron chi connectivity index (χ1n) is 7.11. The topological polar surface area (TPSA) is 41.1 Å². The van der Waals surface area contributed by atoms with Crippen molar-refractivity contribution in [1.29, 1.82) is 0 Å². The summed E-state index contributed by atoms with van der Waals surface area (Å²) >= 11 is 0. The minimum absolute atomic E-state index is 0. The van der Waals surface area contributed by atoms with E-state index in [2.05, 4.69) is 17.6 Å². The summed E-state index contributed by atoms with van der Waals surface area (Å²) in [5.74, 6) is 0.110. The lowest BCUT2D eigenvalue weighted by atomic mass is 9.83. The van der Waals surface area contributed by atoms with E-state index in [1.807, 2.05) is 44.2 Å². The number of hydrogen-bond donors (Lipinski definition) is 2. The lowest BCUT2D eigenvalue weighted by molar-refractivity contribution is -0.126. The molecule has 0 aliphatic carbocycles. The fourth-order valence-electron chi connectivity index (χ4n) is 2.58. The van der Waals surface area contributed by atoms with Gasteiger partial charge in [0.25, 0.3) is 0 Å². The number of rotatable bonds is 3. The first-order chi connectivity index (χ1) is 9.01. The number of piperidine rings is 1. The highest BCUT2D eigenvalue weighted by atomic mass is 35.5. The molecule has 1 heterocycles. The molecule has 1 aromatic rings. The van der Waals surface area contributed by atoms with Gasteiger partial charge in [0.2, 0.25) is 5.91 Å². The zero-order valence-corrected chi connectivity index (χ0v) is 13.3. The molecule has 2 rings (SSSR count). The molecule has 0 spiro atoms. The third kappa shape index (κ3) is 3.74. The van der Waals surface area contributed by atoms with Gasteiger partial charge in [0.15, 0.2) is 0 Å². The molecule has 1 aliphatic heterocycles. The Morgan fingerprint density at radius 1 is 1.30 bits per heavy atom. The molecule has 3 nitrogen and oxygen atoms in total. The molecule has 0 saturated carbocycles. The van der Waals surface area contributed by atoms with E-state index < -0.39 is 5.41 Å². The maximum absolute atomic E-state index is 12.5. The van der Waals surface area contributed by atoms with Crippen LogP contribution in [0.25, 0.3) is 0 Å². The second kappa shape index (κ2) is 7.09. The van der Waals surface area contributed by atoms with Crippen LogP contribution in [-0.2, 0) is 10.2 Å². The molecule has 1 fully saturated rings. The van der Waals surface area contributed by atoms with E-state index in [4.69, 9.17) is 0 Å². The minimum atomic E-state index is -0.488. The van der Waals surface area contributed by atoms with Gasteiger partial charge in [0.1, 0.15) is 0 Å². The van der Waals surface area contributed by atoms with Crippen LogP contribution in [0.3, 0.4) is 0 Å². The van der Waals surface area contributed by atoms with E-state index in [-0.39, 0.29) is 24.4 Å². The summed E-state index contributed by atoms with van der Waals surface area (Å²) in [4.78, 5) is 12.5. The van der Waals surface area contributed by atoms with Crippen LogP contribution >= 0.6 is 12.4 Å². The van der Waals surface area contributed by atoms with Gasteiger partial charge < -0.3 is 10.6 Å². The van der Waals surface area contributed by atoms with E-state index in [1.165, 1.54) is 0 Å². The van der Waals surface area contributed by atoms with Crippen molar-refractivity contribution >= 4 is 18.3 Å². The van der Waals surface area contributed by atoms with Crippen LogP contribution in [0.1, 0.15) is 39.2 Å². The summed E-state index contributed by atoms with van der Waals surface area (Å²) in [5.41, 5.74) is 0.572. The number of amides is 1. The van der Waals surface area contributed by atoms with Crippen molar-refractivity contribution in [3.8, 4) is 0 Å². The van der Waals surface area contributed by atoms with E-state index in [1.54, 1.807) is 0 Å². The fraction of sp³-hybridized carbons (Fsp3) is 0.562. The van der Waals surface area contributed by atoms with Gasteiger partial charge >= 0.3 is 0 Å². The van der Waals surface area contributed by atoms with Gasteiger partial charge in [-0.1, -0.05) is 30.3 Å². The van der Waals surface area contributed by atoms with Crippen LogP contribution in [0.4, 0.5) is 0 Å². The summed E-state index contributed by atoms with van der Waals surface area (Å²) < 4.78 is 0. The zero-order chi connectivity index (χ0) is 13.9. The van der Waals surface area contributed by atoms with Gasteiger partial charge in [-0.05, 0) is 45.7 Å². The van der Waals surface area contributed by atoms with Crippen molar-refractivity contribution in [3.05, 3.63) is 35.9 Å². The highest BCUT2D eigenvalue weighted by Crippen LogP contribution is 2.23. The molecular weight excluding hydrogens is 272 g/mol. The van der Waals surface area contributed by atoms with E-state index in [0.717, 1.165) is 24.9 Å². The molecule has 2 atom stereocenters. The van der Waals surface area contributed by atoms with Crippen molar-refractivity contribution < 1.29 is 4.79 Å². The van der Waals surface area contributed by atoms with E-state index in [0.29, 0.717) is 6.04 Å². The van der Waals surface area contributed by atoms with E-state index >= 15 is 0 Å². The molecule has 1 amide bonds. The number of hydrogen-bond acceptors (Lipinski definition) is 2. The number of nitrogens with one attached hydrogen (secondary N) is 2. The third-order valence-electron chi connectivity index (χ3n) is 4.14. The van der Waals surface area contributed by atoms with Gasteiger partial charge in [0.05, 0.1) is 5.41 Å². The van der Waals surface area contributed by atoms with Crippen LogP contribution in [0.2, 0.25) is 0 Å². The molecule has 1 aromatic carbocycles. The Balaban J connectivity index is 0.00000200. The van der Waals surface area contributed by atoms with Gasteiger partial charge in [-0.15, -0.1) is 12.4 Å². The van der Waals surface area contributed by atoms with E-state index in [9.17, 15) is 4.79 Å². The monoisotopic (exact) mass is 296 g/mol. The minimum Gasteiger partial charge on any atom is -0.351 e. The van der Waals surface area contributed by atoms with Crippen LogP contribution < -0.4 is 10.6 Å². The number of benzene rings is 1. The average molecular weight is 297 g/mol. The molecule has 2 N–H and O–H groups in total. The van der Waals surface area contributed by atoms with Gasteiger partial charge in [-0.3, -0.25) is 4.79 Å². The van der Waals surface area contributed by atoms with Crippen molar-refractivity contribution in [1.82, 2.24) is 10.6 Å². The maximum Gasteiger partial charge on any atom is 0.230 e. The highest BCUT2D eigenvalue weighted by Gasteiger charge is 2.32. The molecule has 0 bridgehead atoms. The summed E-state index contributed by atoms with van der Waals surface area (Å²) in [6, 6.07) is 10.6. The van der Waals surface area contributed by atoms with Crippen molar-refractivity contribution in [3.63, 3.8) is 0 Å². The smallest absolute Gasteiger partial charge is 0.230 e. The SMILES string of the molecule is CC1NCCCC1NC(=O)C(C)(C)c1ccccc1.Cl. The van der Waals surface area contributed by atoms with Crippen LogP contribution in [0, 0.1) is 0 Å². The summed E-state index contributed by atoms with van der Waals surface area (Å²) in [6.45, 7) is 7.16. The molecule has 1 aliphatic rings. The highest BCUT2D eigenvalue weighted by molar-refractivity contribution is 5.87. The van der Waals surface area contributed by atoms with Crippen LogP contribution in [0.15, 0.2) is 30.3 Å². The lowest BCUT2D eigenvalue weighted by Crippen LogP contribution is -2.55. The molecule has 2 unspecified atom stereocenters. The zero-order valence-electron chi connectivity index (χ0n) is 12.5. The Morgan fingerprint density at radius 2 is 1.95 bits per heavy atom. The van der Waals surface area contributed by atoms with Gasteiger partial charge in [-0.25, -0.2) is 0 Å². The second-order valence-corrected chi connectivity index (χ2v) is 5.96. The van der Waals surface area contributed by atoms with Gasteiger partial charge in [-0.2, -0.15) is 0 Å². The fourth-order valence-corrected chi connectivity index (χ4v) is 2.58. The molecule has 20 heavy (non-hydrogen) atoms. The van der Waals surface area contributed by atoms with Crippen molar-refractivity contribution in [2.75, 3.05) is 6.54 Å². The molecule has 112 valence electrons. The Bertz CT molecular complexity index is 433. The standard InChI is InChI=1S/C16H24N2O.ClH/c1-12-14(10-7-11-17-12)18-15(19)16(2,3)13-8-5-4-6-9-13;/h4-6,8-9,12,14,17H,7,10-11H2,1-3H3,(H,18,19);1H. The quantitative estimate of drug-likeness (QED) is 0.900. The number of halogens is 1. The Labute approximate surface area is 127 Å². The Morgan fingerprint density at radius 3 is 2.55 bits per heavy atom. The average Bonchev–Trinajstić information content (AvgIpc) is 2.42. The normalized spacial score (nSPS) is 22.8. The van der Waals surface area contributed by atoms with Crippen molar-refractivity contribution in [2.24, 2.45) is 0 Å². The summed E-state index contributed by atoms with van der Waals surface area (Å²) in [5, 5.41) is 6.62. The third-order valence-corrected chi connectivity index (χ3v) is 4.14. The Hall–Kier alpha value is -1.06. The second-order valence-electron chi connectivity index (χ2n) is 5.96. The lowest BCUT2D eigenvalue weighted by Gasteiger charge is -2.34. The summed E-state index contributed by atoms with van der Waals surface area (Å²) in [6.07, 6.45) is 2.19. The molecule has 1 saturated heterocycles. The summed E-state index contributed by atoms with van der Waals surface area (Å²) in [7, 11) is 0. The predicted molar refractivity (Wildman–Crippen MR) is 85.3 cm³/mol. The molecular formula is C16H25ClN2O. The number of carbonyl (C=O) groups excluding carboxylic acids is 1. The maximum atomic E-state index is 12.5. The molecule has 0 aromatic heterocycles. The van der Waals surface area contributed by atoms with Gasteiger partial charge in [0, 0.05) is 12.1 Å². The van der Waals surface area contributed by atoms with Crippen LogP contribution in [-0.4, -0.2) is 24.5 Å². The van der Waals surface area contributed by atoms with Crippen molar-refractivity contribution in [2.45, 2.75) is 51.1 Å². The van der Waals surface area contributed by atoms with Crippen LogP contribution in [0.5, 0.6) is 0 Å². The molecule has 0 radical (unpaired) electrons. The molecule has 4 heteroatoms. The first kappa shape index (κ1) is 17.0. The number of carbonyl (C=O) groups is 1. The Kier molecular flexibility index (Phi) is 6.03. The predicted octanol–water partition coefficient (Wildman–Crippen LogP) is 2.64. The first-order valence-corrected chi connectivity index (χ1v) is 7.11.